The van der Waals surface area contributed by atoms with Crippen LogP contribution in [0.1, 0.15) is 39.0 Å². The quantitative estimate of drug-likeness (QED) is 0.521. The van der Waals surface area contributed by atoms with Gasteiger partial charge in [-0.2, -0.15) is 0 Å². The lowest BCUT2D eigenvalue weighted by atomic mass is 9.81. The summed E-state index contributed by atoms with van der Waals surface area (Å²) in [6.45, 7) is 2.32. The van der Waals surface area contributed by atoms with Gasteiger partial charge in [0.2, 0.25) is 0 Å². The third-order valence-electron chi connectivity index (χ3n) is 3.36. The third kappa shape index (κ3) is 1.33. The van der Waals surface area contributed by atoms with E-state index in [0.717, 1.165) is 30.6 Å². The van der Waals surface area contributed by atoms with Gasteiger partial charge in [0.05, 0.1) is 0 Å². The second-order valence-electron chi connectivity index (χ2n) is 4.38. The molecule has 0 radical (unpaired) electrons. The SMILES string of the molecule is CC1C[C@@H]2CCC(=O)C[C@H]2C1. The van der Waals surface area contributed by atoms with E-state index in [9.17, 15) is 4.79 Å². The van der Waals surface area contributed by atoms with Crippen molar-refractivity contribution in [2.75, 3.05) is 0 Å². The van der Waals surface area contributed by atoms with Crippen LogP contribution >= 0.6 is 0 Å². The van der Waals surface area contributed by atoms with Crippen LogP contribution in [0, 0.1) is 17.8 Å². The Morgan fingerprint density at radius 1 is 1.27 bits per heavy atom. The summed E-state index contributed by atoms with van der Waals surface area (Å²) in [6, 6.07) is 0. The average molecular weight is 152 g/mol. The number of hydrogen-bond donors (Lipinski definition) is 0. The van der Waals surface area contributed by atoms with Crippen molar-refractivity contribution < 1.29 is 4.79 Å². The highest BCUT2D eigenvalue weighted by molar-refractivity contribution is 5.79. The number of hydrogen-bond acceptors (Lipinski definition) is 1. The first kappa shape index (κ1) is 7.33. The van der Waals surface area contributed by atoms with E-state index in [1.807, 2.05) is 0 Å². The Hall–Kier alpha value is -0.330. The third-order valence-corrected chi connectivity index (χ3v) is 3.36. The van der Waals surface area contributed by atoms with Crippen LogP contribution in [0.15, 0.2) is 0 Å². The molecule has 2 saturated carbocycles. The van der Waals surface area contributed by atoms with Crippen molar-refractivity contribution >= 4 is 5.78 Å². The Balaban J connectivity index is 2.02. The Kier molecular flexibility index (Phi) is 1.74. The van der Waals surface area contributed by atoms with Gasteiger partial charge in [-0.25, -0.2) is 0 Å². The lowest BCUT2D eigenvalue weighted by molar-refractivity contribution is -0.122. The van der Waals surface area contributed by atoms with Gasteiger partial charge in [-0.15, -0.1) is 0 Å². The Labute approximate surface area is 68.2 Å². The Morgan fingerprint density at radius 2 is 2.00 bits per heavy atom. The fourth-order valence-corrected chi connectivity index (χ4v) is 2.86. The summed E-state index contributed by atoms with van der Waals surface area (Å²) in [6.07, 6.45) is 5.66. The minimum atomic E-state index is 0.514. The molecule has 0 N–H and O–H groups in total. The molecule has 0 aliphatic heterocycles. The van der Waals surface area contributed by atoms with Gasteiger partial charge in [0.1, 0.15) is 5.78 Å². The van der Waals surface area contributed by atoms with Crippen molar-refractivity contribution in [3.63, 3.8) is 0 Å². The molecule has 0 bridgehead atoms. The summed E-state index contributed by atoms with van der Waals surface area (Å²) >= 11 is 0. The second-order valence-corrected chi connectivity index (χ2v) is 4.38. The van der Waals surface area contributed by atoms with E-state index in [1.165, 1.54) is 19.3 Å². The van der Waals surface area contributed by atoms with E-state index >= 15 is 0 Å². The number of carbonyl (C=O) groups excluding carboxylic acids is 1. The van der Waals surface area contributed by atoms with Crippen LogP contribution < -0.4 is 0 Å². The molecular formula is C10H16O. The molecule has 62 valence electrons. The topological polar surface area (TPSA) is 17.1 Å². The van der Waals surface area contributed by atoms with E-state index in [0.29, 0.717) is 5.78 Å². The predicted molar refractivity (Wildman–Crippen MR) is 44.2 cm³/mol. The summed E-state index contributed by atoms with van der Waals surface area (Å²) in [5, 5.41) is 0. The maximum Gasteiger partial charge on any atom is 0.133 e. The second kappa shape index (κ2) is 2.62. The fraction of sp³-hybridized carbons (Fsp3) is 0.900. The van der Waals surface area contributed by atoms with Crippen LogP contribution in [0.3, 0.4) is 0 Å². The monoisotopic (exact) mass is 152 g/mol. The molecule has 1 nitrogen and oxygen atoms in total. The molecule has 1 heteroatoms. The predicted octanol–water partition coefficient (Wildman–Crippen LogP) is 2.40. The van der Waals surface area contributed by atoms with Gasteiger partial charge in [-0.3, -0.25) is 4.79 Å². The zero-order valence-corrected chi connectivity index (χ0v) is 7.18. The zero-order chi connectivity index (χ0) is 7.84. The first-order chi connectivity index (χ1) is 5.25. The van der Waals surface area contributed by atoms with Crippen molar-refractivity contribution in [3.8, 4) is 0 Å². The number of carbonyl (C=O) groups is 1. The van der Waals surface area contributed by atoms with Crippen molar-refractivity contribution in [1.82, 2.24) is 0 Å². The van der Waals surface area contributed by atoms with Crippen molar-refractivity contribution in [1.29, 1.82) is 0 Å². The van der Waals surface area contributed by atoms with Gasteiger partial charge in [-0.1, -0.05) is 6.92 Å². The van der Waals surface area contributed by atoms with Gasteiger partial charge >= 0.3 is 0 Å². The van der Waals surface area contributed by atoms with Crippen LogP contribution in [0.5, 0.6) is 0 Å². The number of Topliss-reactive ketones (excluding diaryl/α,β-unsaturated/α-hetero) is 1. The largest absolute Gasteiger partial charge is 0.300 e. The summed E-state index contributed by atoms with van der Waals surface area (Å²) in [5.74, 6) is 3.07. The van der Waals surface area contributed by atoms with E-state index in [1.54, 1.807) is 0 Å². The van der Waals surface area contributed by atoms with E-state index < -0.39 is 0 Å². The molecule has 2 rings (SSSR count). The minimum absolute atomic E-state index is 0.514. The number of rotatable bonds is 0. The molecule has 2 aliphatic rings. The molecule has 2 fully saturated rings. The zero-order valence-electron chi connectivity index (χ0n) is 7.18. The van der Waals surface area contributed by atoms with Crippen LogP contribution in [0.4, 0.5) is 0 Å². The summed E-state index contributed by atoms with van der Waals surface area (Å²) < 4.78 is 0. The maximum absolute atomic E-state index is 11.1. The molecule has 0 amide bonds. The molecule has 0 saturated heterocycles. The molecule has 3 atom stereocenters. The van der Waals surface area contributed by atoms with Crippen LogP contribution in [0.2, 0.25) is 0 Å². The molecule has 1 unspecified atom stereocenters. The van der Waals surface area contributed by atoms with Gasteiger partial charge in [0.25, 0.3) is 0 Å². The lowest BCUT2D eigenvalue weighted by Crippen LogP contribution is -2.19. The van der Waals surface area contributed by atoms with Crippen LogP contribution in [0.25, 0.3) is 0 Å². The summed E-state index contributed by atoms with van der Waals surface area (Å²) in [4.78, 5) is 11.1. The van der Waals surface area contributed by atoms with Gasteiger partial charge in [0.15, 0.2) is 0 Å². The number of fused-ring (bicyclic) bond motifs is 1. The first-order valence-electron chi connectivity index (χ1n) is 4.77. The smallest absolute Gasteiger partial charge is 0.133 e. The molecule has 2 aliphatic carbocycles. The molecule has 0 aromatic heterocycles. The van der Waals surface area contributed by atoms with Crippen molar-refractivity contribution in [3.05, 3.63) is 0 Å². The first-order valence-corrected chi connectivity index (χ1v) is 4.77. The highest BCUT2D eigenvalue weighted by Crippen LogP contribution is 2.43. The summed E-state index contributed by atoms with van der Waals surface area (Å²) in [5.41, 5.74) is 0. The fourth-order valence-electron chi connectivity index (χ4n) is 2.86. The van der Waals surface area contributed by atoms with E-state index in [-0.39, 0.29) is 0 Å². The minimum Gasteiger partial charge on any atom is -0.300 e. The van der Waals surface area contributed by atoms with Crippen LogP contribution in [-0.4, -0.2) is 5.78 Å². The van der Waals surface area contributed by atoms with Gasteiger partial charge in [-0.05, 0) is 37.0 Å². The van der Waals surface area contributed by atoms with E-state index in [4.69, 9.17) is 0 Å². The number of ketones is 1. The molecular weight excluding hydrogens is 136 g/mol. The highest BCUT2D eigenvalue weighted by Gasteiger charge is 2.35. The standard InChI is InChI=1S/C10H16O/c1-7-4-8-2-3-10(11)6-9(8)5-7/h7-9H,2-6H2,1H3/t7?,8-,9+/m0/s1. The Bertz CT molecular complexity index is 174. The van der Waals surface area contributed by atoms with Crippen molar-refractivity contribution in [2.45, 2.75) is 39.0 Å². The highest BCUT2D eigenvalue weighted by atomic mass is 16.1. The summed E-state index contributed by atoms with van der Waals surface area (Å²) in [7, 11) is 0. The molecule has 0 aromatic rings. The molecule has 0 aromatic carbocycles. The normalized spacial score (nSPS) is 44.1. The Morgan fingerprint density at radius 3 is 2.82 bits per heavy atom. The van der Waals surface area contributed by atoms with Gasteiger partial charge in [0, 0.05) is 12.8 Å². The van der Waals surface area contributed by atoms with E-state index in [2.05, 4.69) is 6.92 Å². The maximum atomic E-state index is 11.1. The van der Waals surface area contributed by atoms with Crippen LogP contribution in [-0.2, 0) is 4.79 Å². The molecule has 0 spiro atoms. The lowest BCUT2D eigenvalue weighted by Gasteiger charge is -2.23. The van der Waals surface area contributed by atoms with Crippen molar-refractivity contribution in [2.24, 2.45) is 17.8 Å². The molecule has 11 heavy (non-hydrogen) atoms. The van der Waals surface area contributed by atoms with Gasteiger partial charge < -0.3 is 0 Å². The molecule has 0 heterocycles. The average Bonchev–Trinajstić information content (AvgIpc) is 2.27.